The number of nitrogens with two attached hydrogens (primary N) is 1. The summed E-state index contributed by atoms with van der Waals surface area (Å²) in [6, 6.07) is 3.88. The quantitative estimate of drug-likeness (QED) is 0.566. The lowest BCUT2D eigenvalue weighted by Gasteiger charge is -2.19. The number of sulfonamides is 1. The number of amides is 1. The van der Waals surface area contributed by atoms with E-state index in [9.17, 15) is 13.2 Å². The molecule has 1 amide bonds. The summed E-state index contributed by atoms with van der Waals surface area (Å²) < 4.78 is 55.2. The van der Waals surface area contributed by atoms with Gasteiger partial charge in [0, 0.05) is 6.07 Å². The van der Waals surface area contributed by atoms with Crippen LogP contribution in [0.2, 0.25) is 0 Å². The van der Waals surface area contributed by atoms with Gasteiger partial charge in [-0.3, -0.25) is 4.79 Å². The van der Waals surface area contributed by atoms with Crippen LogP contribution in [-0.4, -0.2) is 72.7 Å². The van der Waals surface area contributed by atoms with Gasteiger partial charge in [-0.15, -0.1) is 0 Å². The molecule has 1 aromatic rings. The van der Waals surface area contributed by atoms with E-state index >= 15 is 0 Å². The number of nitrogens with one attached hydrogen (secondary N) is 1. The molecule has 27 heavy (non-hydrogen) atoms. The van der Waals surface area contributed by atoms with Gasteiger partial charge in [-0.05, 0) is 12.1 Å². The molecule has 2 aliphatic heterocycles. The Morgan fingerprint density at radius 1 is 1.22 bits per heavy atom. The van der Waals surface area contributed by atoms with Crippen molar-refractivity contribution in [3.63, 3.8) is 0 Å². The van der Waals surface area contributed by atoms with E-state index in [2.05, 4.69) is 4.72 Å². The van der Waals surface area contributed by atoms with Crippen LogP contribution >= 0.6 is 0 Å². The molecule has 3 N–H and O–H groups in total. The molecular formula is C16H22N2O8S. The van der Waals surface area contributed by atoms with Gasteiger partial charge in [0.1, 0.15) is 41.3 Å². The first kappa shape index (κ1) is 19.8. The van der Waals surface area contributed by atoms with E-state index in [1.54, 1.807) is 6.07 Å². The number of carbonyl (C=O) groups excluding carboxylic acids is 1. The molecule has 1 aromatic carbocycles. The lowest BCUT2D eigenvalue weighted by Crippen LogP contribution is -2.44. The van der Waals surface area contributed by atoms with Crippen LogP contribution in [0.1, 0.15) is 0 Å². The fourth-order valence-corrected chi connectivity index (χ4v) is 4.57. The number of benzene rings is 1. The molecule has 0 bridgehead atoms. The van der Waals surface area contributed by atoms with E-state index in [0.717, 1.165) is 0 Å². The maximum Gasteiger partial charge on any atom is 0.244 e. The molecule has 2 aliphatic rings. The third kappa shape index (κ3) is 4.17. The standard InChI is InChI=1S/C16H22N2O8S/c1-22-9-3-4-11(23-2)13(5-9)27(20,21)18-10-6-25-16-12(7-26-15(10)16)24-8-14(17)19/h3-5,10,12,15-16,18H,6-8H2,1-2H3,(H2,17,19)/t10-,12-,15-,16+/m1/s1. The van der Waals surface area contributed by atoms with Gasteiger partial charge in [0.25, 0.3) is 0 Å². The Bertz CT molecular complexity index is 800. The zero-order valence-corrected chi connectivity index (χ0v) is 15.7. The van der Waals surface area contributed by atoms with E-state index in [4.69, 9.17) is 29.4 Å². The third-order valence-electron chi connectivity index (χ3n) is 4.41. The average Bonchev–Trinajstić information content (AvgIpc) is 3.22. The number of hydrogen-bond acceptors (Lipinski definition) is 8. The highest BCUT2D eigenvalue weighted by molar-refractivity contribution is 7.89. The summed E-state index contributed by atoms with van der Waals surface area (Å²) in [7, 11) is -1.10. The van der Waals surface area contributed by atoms with E-state index in [1.165, 1.54) is 26.4 Å². The predicted molar refractivity (Wildman–Crippen MR) is 92.1 cm³/mol. The highest BCUT2D eigenvalue weighted by Crippen LogP contribution is 2.32. The molecule has 0 radical (unpaired) electrons. The maximum atomic E-state index is 12.9. The molecule has 3 rings (SSSR count). The SMILES string of the molecule is COc1ccc(OC)c(S(=O)(=O)N[C@@H]2CO[C@@H]3[C@@H]2OC[C@H]3OCC(N)=O)c1. The summed E-state index contributed by atoms with van der Waals surface area (Å²) in [4.78, 5) is 10.8. The number of rotatable bonds is 8. The molecule has 0 aliphatic carbocycles. The van der Waals surface area contributed by atoms with Gasteiger partial charge in [0.05, 0.1) is 33.5 Å². The highest BCUT2D eigenvalue weighted by Gasteiger charge is 2.49. The van der Waals surface area contributed by atoms with Crippen LogP contribution in [0.15, 0.2) is 23.1 Å². The van der Waals surface area contributed by atoms with Crippen molar-refractivity contribution in [1.82, 2.24) is 4.72 Å². The van der Waals surface area contributed by atoms with Gasteiger partial charge in [-0.25, -0.2) is 13.1 Å². The molecule has 0 saturated carbocycles. The van der Waals surface area contributed by atoms with Crippen molar-refractivity contribution in [1.29, 1.82) is 0 Å². The van der Waals surface area contributed by atoms with Crippen LogP contribution in [0, 0.1) is 0 Å². The van der Waals surface area contributed by atoms with Crippen molar-refractivity contribution in [3.8, 4) is 11.5 Å². The van der Waals surface area contributed by atoms with E-state index in [-0.39, 0.29) is 30.5 Å². The second-order valence-electron chi connectivity index (χ2n) is 6.16. The first-order chi connectivity index (χ1) is 12.9. The third-order valence-corrected chi connectivity index (χ3v) is 5.93. The van der Waals surface area contributed by atoms with Gasteiger partial charge in [-0.2, -0.15) is 0 Å². The molecule has 2 heterocycles. The minimum atomic E-state index is -3.93. The minimum Gasteiger partial charge on any atom is -0.497 e. The number of fused-ring (bicyclic) bond motifs is 1. The Balaban J connectivity index is 1.73. The summed E-state index contributed by atoms with van der Waals surface area (Å²) in [6.45, 7) is 0.0403. The molecule has 150 valence electrons. The van der Waals surface area contributed by atoms with Crippen molar-refractivity contribution >= 4 is 15.9 Å². The number of primary amides is 1. The summed E-state index contributed by atoms with van der Waals surface area (Å²) in [5.74, 6) is -0.0265. The average molecular weight is 402 g/mol. The summed E-state index contributed by atoms with van der Waals surface area (Å²) in [5.41, 5.74) is 5.07. The topological polar surface area (TPSA) is 135 Å². The summed E-state index contributed by atoms with van der Waals surface area (Å²) in [5, 5.41) is 0. The van der Waals surface area contributed by atoms with Gasteiger partial charge >= 0.3 is 0 Å². The number of hydrogen-bond donors (Lipinski definition) is 2. The van der Waals surface area contributed by atoms with Crippen molar-refractivity contribution in [2.75, 3.05) is 34.0 Å². The molecule has 10 nitrogen and oxygen atoms in total. The molecule has 0 spiro atoms. The second-order valence-corrected chi connectivity index (χ2v) is 7.84. The van der Waals surface area contributed by atoms with Gasteiger partial charge in [0.15, 0.2) is 0 Å². The van der Waals surface area contributed by atoms with Crippen LogP contribution in [0.5, 0.6) is 11.5 Å². The number of carbonyl (C=O) groups is 1. The molecule has 11 heteroatoms. The Kier molecular flexibility index (Phi) is 5.86. The van der Waals surface area contributed by atoms with Crippen molar-refractivity contribution < 1.29 is 36.9 Å². The van der Waals surface area contributed by atoms with Crippen LogP contribution in [0.25, 0.3) is 0 Å². The van der Waals surface area contributed by atoms with Crippen LogP contribution in [0.3, 0.4) is 0 Å². The van der Waals surface area contributed by atoms with E-state index in [0.29, 0.717) is 5.75 Å². The largest absolute Gasteiger partial charge is 0.497 e. The van der Waals surface area contributed by atoms with Crippen LogP contribution in [-0.2, 0) is 29.0 Å². The molecule has 2 saturated heterocycles. The van der Waals surface area contributed by atoms with Gasteiger partial charge in [0.2, 0.25) is 15.9 Å². The molecule has 4 atom stereocenters. The molecule has 2 fully saturated rings. The van der Waals surface area contributed by atoms with Crippen LogP contribution in [0.4, 0.5) is 0 Å². The Hall–Kier alpha value is -1.92. The fourth-order valence-electron chi connectivity index (χ4n) is 3.15. The zero-order valence-electron chi connectivity index (χ0n) is 14.9. The smallest absolute Gasteiger partial charge is 0.244 e. The van der Waals surface area contributed by atoms with E-state index < -0.39 is 40.3 Å². The van der Waals surface area contributed by atoms with Crippen LogP contribution < -0.4 is 19.9 Å². The fraction of sp³-hybridized carbons (Fsp3) is 0.562. The van der Waals surface area contributed by atoms with Crippen molar-refractivity contribution in [3.05, 3.63) is 18.2 Å². The first-order valence-corrected chi connectivity index (χ1v) is 9.71. The van der Waals surface area contributed by atoms with Gasteiger partial charge < -0.3 is 29.4 Å². The van der Waals surface area contributed by atoms with Crippen molar-refractivity contribution in [2.45, 2.75) is 29.2 Å². The molecule has 0 unspecified atom stereocenters. The minimum absolute atomic E-state index is 0.0488. The van der Waals surface area contributed by atoms with Crippen molar-refractivity contribution in [2.24, 2.45) is 5.73 Å². The Labute approximate surface area is 156 Å². The maximum absolute atomic E-state index is 12.9. The normalized spacial score (nSPS) is 27.3. The number of ether oxygens (including phenoxy) is 5. The predicted octanol–water partition coefficient (Wildman–Crippen LogP) is -0.981. The summed E-state index contributed by atoms with van der Waals surface area (Å²) >= 11 is 0. The van der Waals surface area contributed by atoms with E-state index in [1.807, 2.05) is 0 Å². The highest BCUT2D eigenvalue weighted by atomic mass is 32.2. The van der Waals surface area contributed by atoms with Gasteiger partial charge in [-0.1, -0.05) is 0 Å². The number of methoxy groups -OCH3 is 2. The molecular weight excluding hydrogens is 380 g/mol. The summed E-state index contributed by atoms with van der Waals surface area (Å²) in [6.07, 6.45) is -1.50. The molecule has 0 aromatic heterocycles. The zero-order chi connectivity index (χ0) is 19.6. The Morgan fingerprint density at radius 3 is 2.63 bits per heavy atom. The lowest BCUT2D eigenvalue weighted by atomic mass is 10.1. The Morgan fingerprint density at radius 2 is 1.96 bits per heavy atom. The first-order valence-electron chi connectivity index (χ1n) is 8.23. The monoisotopic (exact) mass is 402 g/mol. The second kappa shape index (κ2) is 7.98. The lowest BCUT2D eigenvalue weighted by molar-refractivity contribution is -0.126.